The van der Waals surface area contributed by atoms with Crippen molar-refractivity contribution in [3.05, 3.63) is 59.7 Å². The van der Waals surface area contributed by atoms with Crippen LogP contribution in [0.3, 0.4) is 0 Å². The van der Waals surface area contributed by atoms with Gasteiger partial charge in [-0.15, -0.1) is 0 Å². The van der Waals surface area contributed by atoms with Gasteiger partial charge >= 0.3 is 0 Å². The zero-order chi connectivity index (χ0) is 11.5. The second kappa shape index (κ2) is 4.31. The van der Waals surface area contributed by atoms with E-state index in [2.05, 4.69) is 0 Å². The molecule has 0 N–H and O–H groups in total. The Labute approximate surface area is 92.3 Å². The molecule has 0 saturated carbocycles. The number of aryl methyl sites for hydroxylation is 1. The van der Waals surface area contributed by atoms with Gasteiger partial charge in [0.1, 0.15) is 5.75 Å². The molecule has 2 aromatic carbocycles. The van der Waals surface area contributed by atoms with Crippen LogP contribution in [0.2, 0.25) is 0 Å². The summed E-state index contributed by atoms with van der Waals surface area (Å²) < 4.78 is 31.4. The van der Waals surface area contributed by atoms with Gasteiger partial charge in [-0.1, -0.05) is 18.2 Å². The minimum absolute atomic E-state index is 0.106. The van der Waals surface area contributed by atoms with Crippen LogP contribution in [0, 0.1) is 18.6 Å². The zero-order valence-corrected chi connectivity index (χ0v) is 8.71. The minimum atomic E-state index is -0.969. The first-order valence-corrected chi connectivity index (χ1v) is 4.85. The molecular weight excluding hydrogens is 210 g/mol. The Morgan fingerprint density at radius 1 is 1.00 bits per heavy atom. The largest absolute Gasteiger partial charge is 0.454 e. The Bertz CT molecular complexity index is 509. The number of rotatable bonds is 2. The summed E-state index contributed by atoms with van der Waals surface area (Å²) in [6, 6.07) is 11.0. The van der Waals surface area contributed by atoms with Crippen molar-refractivity contribution in [2.75, 3.05) is 0 Å². The highest BCUT2D eigenvalue weighted by atomic mass is 19.2. The number of hydrogen-bond acceptors (Lipinski definition) is 1. The normalized spacial score (nSPS) is 10.2. The van der Waals surface area contributed by atoms with Crippen molar-refractivity contribution in [1.29, 1.82) is 0 Å². The molecule has 82 valence electrons. The van der Waals surface area contributed by atoms with Crippen LogP contribution in [-0.4, -0.2) is 0 Å². The average Bonchev–Trinajstić information content (AvgIpc) is 2.25. The fourth-order valence-corrected chi connectivity index (χ4v) is 1.37. The molecule has 0 fully saturated rings. The van der Waals surface area contributed by atoms with Gasteiger partial charge in [0.25, 0.3) is 0 Å². The van der Waals surface area contributed by atoms with E-state index in [0.29, 0.717) is 5.75 Å². The van der Waals surface area contributed by atoms with Crippen molar-refractivity contribution in [1.82, 2.24) is 0 Å². The Kier molecular flexibility index (Phi) is 2.86. The number of halogens is 2. The predicted molar refractivity (Wildman–Crippen MR) is 57.6 cm³/mol. The summed E-state index contributed by atoms with van der Waals surface area (Å²) >= 11 is 0. The average molecular weight is 220 g/mol. The first kappa shape index (κ1) is 10.6. The van der Waals surface area contributed by atoms with E-state index >= 15 is 0 Å². The molecule has 0 aliphatic carbocycles. The van der Waals surface area contributed by atoms with Gasteiger partial charge in [-0.3, -0.25) is 0 Å². The Balaban J connectivity index is 2.31. The quantitative estimate of drug-likeness (QED) is 0.741. The lowest BCUT2D eigenvalue weighted by Crippen LogP contribution is -1.91. The maximum Gasteiger partial charge on any atom is 0.201 e. The monoisotopic (exact) mass is 220 g/mol. The molecule has 0 aliphatic heterocycles. The summed E-state index contributed by atoms with van der Waals surface area (Å²) in [6.07, 6.45) is 0. The van der Waals surface area contributed by atoms with Gasteiger partial charge in [-0.05, 0) is 36.8 Å². The van der Waals surface area contributed by atoms with Crippen LogP contribution >= 0.6 is 0 Å². The second-order valence-corrected chi connectivity index (χ2v) is 3.47. The van der Waals surface area contributed by atoms with Crippen LogP contribution in [0.5, 0.6) is 11.5 Å². The van der Waals surface area contributed by atoms with E-state index in [-0.39, 0.29) is 5.75 Å². The molecule has 0 amide bonds. The fourth-order valence-electron chi connectivity index (χ4n) is 1.37. The van der Waals surface area contributed by atoms with Crippen molar-refractivity contribution in [2.24, 2.45) is 0 Å². The summed E-state index contributed by atoms with van der Waals surface area (Å²) in [6.45, 7) is 1.90. The Morgan fingerprint density at radius 3 is 2.50 bits per heavy atom. The van der Waals surface area contributed by atoms with Gasteiger partial charge in [-0.25, -0.2) is 4.39 Å². The predicted octanol–water partition coefficient (Wildman–Crippen LogP) is 4.07. The molecule has 0 saturated heterocycles. The molecule has 0 aliphatic rings. The highest BCUT2D eigenvalue weighted by Gasteiger charge is 2.09. The molecule has 0 unspecified atom stereocenters. The number of hydrogen-bond donors (Lipinski definition) is 0. The molecular formula is C13H10F2O. The lowest BCUT2D eigenvalue weighted by molar-refractivity contribution is 0.416. The van der Waals surface area contributed by atoms with E-state index < -0.39 is 11.6 Å². The van der Waals surface area contributed by atoms with Crippen LogP contribution in [0.25, 0.3) is 0 Å². The van der Waals surface area contributed by atoms with E-state index in [0.717, 1.165) is 11.6 Å². The lowest BCUT2D eigenvalue weighted by Gasteiger charge is -2.07. The third kappa shape index (κ3) is 2.19. The van der Waals surface area contributed by atoms with Crippen molar-refractivity contribution in [3.8, 4) is 11.5 Å². The molecule has 0 atom stereocenters. The summed E-state index contributed by atoms with van der Waals surface area (Å²) in [4.78, 5) is 0. The summed E-state index contributed by atoms with van der Waals surface area (Å²) in [7, 11) is 0. The van der Waals surface area contributed by atoms with Crippen LogP contribution in [0.1, 0.15) is 5.56 Å². The molecule has 0 spiro atoms. The molecule has 0 heterocycles. The molecule has 1 nitrogen and oxygen atoms in total. The van der Waals surface area contributed by atoms with Crippen LogP contribution in [0.4, 0.5) is 8.78 Å². The van der Waals surface area contributed by atoms with E-state index in [9.17, 15) is 8.78 Å². The molecule has 0 aromatic heterocycles. The fraction of sp³-hybridized carbons (Fsp3) is 0.0769. The van der Waals surface area contributed by atoms with E-state index in [1.165, 1.54) is 12.1 Å². The SMILES string of the molecule is Cc1cccc(Oc2cccc(F)c2F)c1. The maximum atomic E-state index is 13.3. The third-order valence-corrected chi connectivity index (χ3v) is 2.13. The molecule has 0 bridgehead atoms. The molecule has 2 rings (SSSR count). The van der Waals surface area contributed by atoms with Gasteiger partial charge in [0.2, 0.25) is 5.82 Å². The van der Waals surface area contributed by atoms with E-state index in [4.69, 9.17) is 4.74 Å². The topological polar surface area (TPSA) is 9.23 Å². The van der Waals surface area contributed by atoms with Crippen LogP contribution in [-0.2, 0) is 0 Å². The van der Waals surface area contributed by atoms with Gasteiger partial charge in [0, 0.05) is 0 Å². The smallest absolute Gasteiger partial charge is 0.201 e. The van der Waals surface area contributed by atoms with Crippen molar-refractivity contribution >= 4 is 0 Å². The minimum Gasteiger partial charge on any atom is -0.454 e. The van der Waals surface area contributed by atoms with Crippen molar-refractivity contribution in [3.63, 3.8) is 0 Å². The number of ether oxygens (including phenoxy) is 1. The standard InChI is InChI=1S/C13H10F2O/c1-9-4-2-5-10(8-9)16-12-7-3-6-11(14)13(12)15/h2-8H,1H3. The van der Waals surface area contributed by atoms with Gasteiger partial charge in [0.15, 0.2) is 11.6 Å². The third-order valence-electron chi connectivity index (χ3n) is 2.13. The Morgan fingerprint density at radius 2 is 1.75 bits per heavy atom. The highest BCUT2D eigenvalue weighted by molar-refractivity contribution is 5.34. The van der Waals surface area contributed by atoms with E-state index in [1.54, 1.807) is 18.2 Å². The summed E-state index contributed by atoms with van der Waals surface area (Å²) in [5.41, 5.74) is 0.995. The zero-order valence-electron chi connectivity index (χ0n) is 8.71. The molecule has 0 radical (unpaired) electrons. The van der Waals surface area contributed by atoms with Gasteiger partial charge in [-0.2, -0.15) is 4.39 Å². The van der Waals surface area contributed by atoms with Crippen LogP contribution in [0.15, 0.2) is 42.5 Å². The second-order valence-electron chi connectivity index (χ2n) is 3.47. The lowest BCUT2D eigenvalue weighted by atomic mass is 10.2. The summed E-state index contributed by atoms with van der Waals surface area (Å²) in [5, 5.41) is 0. The first-order chi connectivity index (χ1) is 7.66. The highest BCUT2D eigenvalue weighted by Crippen LogP contribution is 2.26. The van der Waals surface area contributed by atoms with E-state index in [1.807, 2.05) is 13.0 Å². The van der Waals surface area contributed by atoms with Crippen molar-refractivity contribution in [2.45, 2.75) is 6.92 Å². The number of benzene rings is 2. The molecule has 2 aromatic rings. The van der Waals surface area contributed by atoms with Gasteiger partial charge in [0.05, 0.1) is 0 Å². The first-order valence-electron chi connectivity index (χ1n) is 4.85. The molecule has 3 heteroatoms. The summed E-state index contributed by atoms with van der Waals surface area (Å²) in [5.74, 6) is -1.50. The van der Waals surface area contributed by atoms with Gasteiger partial charge < -0.3 is 4.74 Å². The Hall–Kier alpha value is -1.90. The maximum absolute atomic E-state index is 13.3. The van der Waals surface area contributed by atoms with Crippen LogP contribution < -0.4 is 4.74 Å². The van der Waals surface area contributed by atoms with Crippen molar-refractivity contribution < 1.29 is 13.5 Å². The molecule has 16 heavy (non-hydrogen) atoms.